The molecule has 0 aromatic carbocycles. The molecule has 0 heterocycles. The van der Waals surface area contributed by atoms with Gasteiger partial charge in [0.25, 0.3) is 0 Å². The van der Waals surface area contributed by atoms with Crippen LogP contribution in [0.2, 0.25) is 0 Å². The predicted octanol–water partition coefficient (Wildman–Crippen LogP) is 1.55. The molecule has 0 bridgehead atoms. The normalized spacial score (nSPS) is 26.4. The Labute approximate surface area is 102 Å². The maximum atomic E-state index is 11.7. The van der Waals surface area contributed by atoms with Gasteiger partial charge < -0.3 is 10.6 Å². The van der Waals surface area contributed by atoms with E-state index in [0.717, 1.165) is 0 Å². The fraction of sp³-hybridized carbons (Fsp3) is 0.750. The molecular formula is C12H22N2OS. The molecule has 1 saturated carbocycles. The van der Waals surface area contributed by atoms with Crippen molar-refractivity contribution >= 4 is 17.7 Å². The van der Waals surface area contributed by atoms with Crippen LogP contribution in [-0.4, -0.2) is 36.0 Å². The van der Waals surface area contributed by atoms with Crippen molar-refractivity contribution in [2.75, 3.05) is 12.8 Å². The minimum absolute atomic E-state index is 0.0617. The highest BCUT2D eigenvalue weighted by molar-refractivity contribution is 7.99. The van der Waals surface area contributed by atoms with Gasteiger partial charge in [-0.25, -0.2) is 0 Å². The number of carbonyl (C=O) groups excluding carboxylic acids is 1. The van der Waals surface area contributed by atoms with Crippen molar-refractivity contribution in [1.82, 2.24) is 10.6 Å². The third kappa shape index (κ3) is 3.83. The Bertz CT molecular complexity index is 245. The lowest BCUT2D eigenvalue weighted by molar-refractivity contribution is -0.122. The van der Waals surface area contributed by atoms with E-state index < -0.39 is 0 Å². The lowest BCUT2D eigenvalue weighted by atomic mass is 10.2. The molecule has 92 valence electrons. The number of carbonyl (C=O) groups is 1. The van der Waals surface area contributed by atoms with Crippen LogP contribution in [0, 0.1) is 0 Å². The van der Waals surface area contributed by atoms with Crippen molar-refractivity contribution < 1.29 is 4.79 Å². The highest BCUT2D eigenvalue weighted by Gasteiger charge is 2.28. The molecule has 1 aliphatic rings. The smallest absolute Gasteiger partial charge is 0.237 e. The zero-order valence-corrected chi connectivity index (χ0v) is 11.0. The van der Waals surface area contributed by atoms with E-state index in [4.69, 9.17) is 0 Å². The van der Waals surface area contributed by atoms with E-state index in [1.54, 1.807) is 6.08 Å². The van der Waals surface area contributed by atoms with Crippen molar-refractivity contribution in [3.8, 4) is 0 Å². The summed E-state index contributed by atoms with van der Waals surface area (Å²) in [6.45, 7) is 6.05. The largest absolute Gasteiger partial charge is 0.351 e. The Morgan fingerprint density at radius 2 is 2.38 bits per heavy atom. The highest BCUT2D eigenvalue weighted by Crippen LogP contribution is 2.28. The van der Waals surface area contributed by atoms with E-state index in [-0.39, 0.29) is 11.9 Å². The van der Waals surface area contributed by atoms with Gasteiger partial charge in [0, 0.05) is 17.8 Å². The van der Waals surface area contributed by atoms with Crippen molar-refractivity contribution in [3.63, 3.8) is 0 Å². The second-order valence-electron chi connectivity index (χ2n) is 4.23. The summed E-state index contributed by atoms with van der Waals surface area (Å²) in [7, 11) is 0. The summed E-state index contributed by atoms with van der Waals surface area (Å²) >= 11 is 1.90. The molecule has 0 saturated heterocycles. The van der Waals surface area contributed by atoms with Gasteiger partial charge in [0.15, 0.2) is 0 Å². The molecule has 0 aromatic heterocycles. The van der Waals surface area contributed by atoms with Gasteiger partial charge in [-0.05, 0) is 26.0 Å². The second-order valence-corrected chi connectivity index (χ2v) is 5.31. The van der Waals surface area contributed by atoms with Crippen molar-refractivity contribution in [2.45, 2.75) is 43.5 Å². The summed E-state index contributed by atoms with van der Waals surface area (Å²) in [5.41, 5.74) is 0. The Morgan fingerprint density at radius 3 is 3.00 bits per heavy atom. The average Bonchev–Trinajstić information content (AvgIpc) is 2.72. The molecule has 0 radical (unpaired) electrons. The Balaban J connectivity index is 2.34. The second kappa shape index (κ2) is 6.97. The van der Waals surface area contributed by atoms with Crippen LogP contribution >= 0.6 is 11.8 Å². The number of hydrogen-bond acceptors (Lipinski definition) is 3. The molecule has 3 atom stereocenters. The molecule has 16 heavy (non-hydrogen) atoms. The van der Waals surface area contributed by atoms with Crippen molar-refractivity contribution in [3.05, 3.63) is 12.7 Å². The highest BCUT2D eigenvalue weighted by atomic mass is 32.2. The zero-order chi connectivity index (χ0) is 12.0. The summed E-state index contributed by atoms with van der Waals surface area (Å²) in [4.78, 5) is 11.7. The summed E-state index contributed by atoms with van der Waals surface area (Å²) in [5, 5.41) is 6.90. The van der Waals surface area contributed by atoms with Crippen LogP contribution in [0.25, 0.3) is 0 Å². The van der Waals surface area contributed by atoms with Crippen LogP contribution in [0.4, 0.5) is 0 Å². The van der Waals surface area contributed by atoms with Crippen molar-refractivity contribution in [1.29, 1.82) is 0 Å². The lowest BCUT2D eigenvalue weighted by Gasteiger charge is -2.23. The molecule has 3 unspecified atom stereocenters. The molecule has 1 amide bonds. The first kappa shape index (κ1) is 13.6. The quantitative estimate of drug-likeness (QED) is 0.694. The fourth-order valence-electron chi connectivity index (χ4n) is 2.12. The van der Waals surface area contributed by atoms with E-state index in [1.165, 1.54) is 19.3 Å². The Hall–Kier alpha value is -0.480. The summed E-state index contributed by atoms with van der Waals surface area (Å²) in [5.74, 6) is 0.0617. The molecular weight excluding hydrogens is 220 g/mol. The molecule has 3 nitrogen and oxygen atoms in total. The first-order chi connectivity index (χ1) is 7.69. The molecule has 1 aliphatic carbocycles. The van der Waals surface area contributed by atoms with Gasteiger partial charge in [0.1, 0.15) is 0 Å². The zero-order valence-electron chi connectivity index (χ0n) is 10.2. The monoisotopic (exact) mass is 242 g/mol. The maximum Gasteiger partial charge on any atom is 0.237 e. The first-order valence-corrected chi connectivity index (χ1v) is 7.15. The Morgan fingerprint density at radius 1 is 1.62 bits per heavy atom. The minimum atomic E-state index is -0.113. The standard InChI is InChI=1S/C12H22N2OS/c1-4-8-13-12(15)9(2)14-10-6-5-7-11(10)16-3/h4,9-11,14H,1,5-8H2,2-3H3,(H,13,15). The number of nitrogens with one attached hydrogen (secondary N) is 2. The third-order valence-electron chi connectivity index (χ3n) is 3.03. The van der Waals surface area contributed by atoms with Gasteiger partial charge in [-0.15, -0.1) is 6.58 Å². The number of hydrogen-bond donors (Lipinski definition) is 2. The maximum absolute atomic E-state index is 11.7. The van der Waals surface area contributed by atoms with Gasteiger partial charge in [0.2, 0.25) is 5.91 Å². The molecule has 1 fully saturated rings. The van der Waals surface area contributed by atoms with Gasteiger partial charge >= 0.3 is 0 Å². The molecule has 0 aromatic rings. The average molecular weight is 242 g/mol. The van der Waals surface area contributed by atoms with E-state index >= 15 is 0 Å². The van der Waals surface area contributed by atoms with Crippen LogP contribution in [0.1, 0.15) is 26.2 Å². The third-order valence-corrected chi connectivity index (χ3v) is 4.20. The van der Waals surface area contributed by atoms with E-state index in [0.29, 0.717) is 17.8 Å². The first-order valence-electron chi connectivity index (χ1n) is 5.86. The van der Waals surface area contributed by atoms with Crippen LogP contribution in [0.3, 0.4) is 0 Å². The molecule has 0 aliphatic heterocycles. The van der Waals surface area contributed by atoms with Crippen LogP contribution in [-0.2, 0) is 4.79 Å². The predicted molar refractivity (Wildman–Crippen MR) is 70.7 cm³/mol. The van der Waals surface area contributed by atoms with Crippen LogP contribution in [0.5, 0.6) is 0 Å². The van der Waals surface area contributed by atoms with E-state index in [1.807, 2.05) is 18.7 Å². The summed E-state index contributed by atoms with van der Waals surface area (Å²) < 4.78 is 0. The molecule has 2 N–H and O–H groups in total. The summed E-state index contributed by atoms with van der Waals surface area (Å²) in [6.07, 6.45) is 7.56. The molecule has 4 heteroatoms. The van der Waals surface area contributed by atoms with Crippen molar-refractivity contribution in [2.24, 2.45) is 0 Å². The van der Waals surface area contributed by atoms with E-state index in [9.17, 15) is 4.79 Å². The molecule has 0 spiro atoms. The van der Waals surface area contributed by atoms with Gasteiger partial charge in [-0.3, -0.25) is 4.79 Å². The van der Waals surface area contributed by atoms with Gasteiger partial charge in [0.05, 0.1) is 6.04 Å². The minimum Gasteiger partial charge on any atom is -0.351 e. The van der Waals surface area contributed by atoms with Crippen LogP contribution in [0.15, 0.2) is 12.7 Å². The number of thioether (sulfide) groups is 1. The topological polar surface area (TPSA) is 41.1 Å². The number of rotatable bonds is 6. The lowest BCUT2D eigenvalue weighted by Crippen LogP contribution is -2.48. The van der Waals surface area contributed by atoms with Crippen LogP contribution < -0.4 is 10.6 Å². The Kier molecular flexibility index (Phi) is 5.91. The van der Waals surface area contributed by atoms with Gasteiger partial charge in [-0.1, -0.05) is 12.5 Å². The number of amides is 1. The van der Waals surface area contributed by atoms with Gasteiger partial charge in [-0.2, -0.15) is 11.8 Å². The SMILES string of the molecule is C=CCNC(=O)C(C)NC1CCCC1SC. The molecule has 1 rings (SSSR count). The summed E-state index contributed by atoms with van der Waals surface area (Å²) in [6, 6.07) is 0.372. The van der Waals surface area contributed by atoms with E-state index in [2.05, 4.69) is 23.5 Å². The fourth-order valence-corrected chi connectivity index (χ4v) is 3.07.